The van der Waals surface area contributed by atoms with E-state index < -0.39 is 46.2 Å². The van der Waals surface area contributed by atoms with Gasteiger partial charge in [-0.3, -0.25) is 14.5 Å². The third kappa shape index (κ3) is 5.43. The highest BCUT2D eigenvalue weighted by Crippen LogP contribution is 2.31. The number of rotatable bonds is 7. The molecule has 2 heterocycles. The predicted molar refractivity (Wildman–Crippen MR) is 108 cm³/mol. The van der Waals surface area contributed by atoms with Crippen LogP contribution in [0.1, 0.15) is 6.92 Å². The SMILES string of the molecule is CC(=O)NCC1CN(c2cc(F)c(N3CCON(S(=O)(=O)CCO)CC3)c(F)c2)C(=O)O1. The molecule has 1 unspecified atom stereocenters. The Balaban J connectivity index is 1.74. The highest BCUT2D eigenvalue weighted by atomic mass is 32.2. The van der Waals surface area contributed by atoms with Gasteiger partial charge < -0.3 is 20.1 Å². The van der Waals surface area contributed by atoms with Gasteiger partial charge in [0.2, 0.25) is 15.9 Å². The second-order valence-electron chi connectivity index (χ2n) is 7.20. The van der Waals surface area contributed by atoms with Crippen molar-refractivity contribution in [3.05, 3.63) is 23.8 Å². The first-order chi connectivity index (χ1) is 15.1. The summed E-state index contributed by atoms with van der Waals surface area (Å²) < 4.78 is 59.7. The fraction of sp³-hybridized carbons (Fsp3) is 0.556. The summed E-state index contributed by atoms with van der Waals surface area (Å²) in [6.07, 6.45) is -1.45. The van der Waals surface area contributed by atoms with E-state index in [1.807, 2.05) is 0 Å². The molecule has 0 radical (unpaired) electrons. The Bertz CT molecular complexity index is 955. The minimum absolute atomic E-state index is 0.00652. The van der Waals surface area contributed by atoms with Crippen LogP contribution < -0.4 is 15.1 Å². The van der Waals surface area contributed by atoms with E-state index in [9.17, 15) is 26.8 Å². The number of cyclic esters (lactones) is 1. The lowest BCUT2D eigenvalue weighted by atomic mass is 10.2. The van der Waals surface area contributed by atoms with Gasteiger partial charge in [0.25, 0.3) is 0 Å². The number of hydroxylamine groups is 1. The van der Waals surface area contributed by atoms with Gasteiger partial charge in [0.15, 0.2) is 11.6 Å². The maximum atomic E-state index is 14.9. The Hall–Kier alpha value is -2.55. The average Bonchev–Trinajstić information content (AvgIpc) is 2.91. The minimum atomic E-state index is -3.86. The average molecular weight is 478 g/mol. The molecule has 2 N–H and O–H groups in total. The number of amides is 2. The van der Waals surface area contributed by atoms with Crippen molar-refractivity contribution in [3.8, 4) is 0 Å². The van der Waals surface area contributed by atoms with Crippen LogP contribution >= 0.6 is 0 Å². The second-order valence-corrected chi connectivity index (χ2v) is 9.18. The molecule has 3 rings (SSSR count). The smallest absolute Gasteiger partial charge is 0.414 e. The standard InChI is InChI=1S/C18H24F2N4O7S/c1-12(26)21-10-14-11-23(18(27)31-14)13-8-15(19)17(16(20)9-13)22-2-3-24(30-6-4-22)32(28,29)7-5-25/h8-9,14,25H,2-7,10-11H2,1H3,(H,21,26). The molecule has 2 aliphatic rings. The first kappa shape index (κ1) is 24.1. The van der Waals surface area contributed by atoms with Crippen molar-refractivity contribution < 1.29 is 41.5 Å². The second kappa shape index (κ2) is 9.94. The van der Waals surface area contributed by atoms with Crippen molar-refractivity contribution in [2.24, 2.45) is 0 Å². The number of hydrogen-bond acceptors (Lipinski definition) is 8. The number of ether oxygens (including phenoxy) is 1. The molecule has 0 aromatic heterocycles. The Morgan fingerprint density at radius 3 is 2.56 bits per heavy atom. The topological polar surface area (TPSA) is 129 Å². The summed E-state index contributed by atoms with van der Waals surface area (Å²) in [5, 5.41) is 11.4. The van der Waals surface area contributed by atoms with Crippen LogP contribution in [0.15, 0.2) is 12.1 Å². The van der Waals surface area contributed by atoms with E-state index in [-0.39, 0.29) is 56.6 Å². The Labute approximate surface area is 183 Å². The van der Waals surface area contributed by atoms with Gasteiger partial charge in [-0.2, -0.15) is 0 Å². The molecular weight excluding hydrogens is 454 g/mol. The van der Waals surface area contributed by atoms with Crippen LogP contribution in [0.2, 0.25) is 0 Å². The van der Waals surface area contributed by atoms with E-state index >= 15 is 0 Å². The first-order valence-electron chi connectivity index (χ1n) is 9.83. The number of sulfonamides is 1. The number of anilines is 2. The van der Waals surface area contributed by atoms with Gasteiger partial charge in [0.05, 0.1) is 44.3 Å². The molecule has 0 saturated carbocycles. The van der Waals surface area contributed by atoms with Crippen LogP contribution in [-0.4, -0.2) is 87.8 Å². The molecule has 1 aromatic carbocycles. The fourth-order valence-corrected chi connectivity index (χ4v) is 4.43. The maximum Gasteiger partial charge on any atom is 0.414 e. The molecular formula is C18H24F2N4O7S. The molecule has 1 atom stereocenters. The van der Waals surface area contributed by atoms with Crippen LogP contribution in [0.3, 0.4) is 0 Å². The van der Waals surface area contributed by atoms with E-state index in [1.54, 1.807) is 0 Å². The lowest BCUT2D eigenvalue weighted by Crippen LogP contribution is -2.37. The largest absolute Gasteiger partial charge is 0.442 e. The zero-order valence-corrected chi connectivity index (χ0v) is 18.1. The number of aliphatic hydroxyl groups is 1. The van der Waals surface area contributed by atoms with Crippen molar-refractivity contribution in [1.82, 2.24) is 9.79 Å². The van der Waals surface area contributed by atoms with Crippen molar-refractivity contribution in [2.45, 2.75) is 13.0 Å². The number of halogens is 2. The van der Waals surface area contributed by atoms with Crippen molar-refractivity contribution >= 4 is 33.4 Å². The Kier molecular flexibility index (Phi) is 7.48. The molecule has 0 spiro atoms. The van der Waals surface area contributed by atoms with E-state index in [0.29, 0.717) is 4.47 Å². The number of aliphatic hydroxyl groups excluding tert-OH is 1. The first-order valence-corrected chi connectivity index (χ1v) is 11.4. The van der Waals surface area contributed by atoms with Crippen LogP contribution in [0.5, 0.6) is 0 Å². The molecule has 1 aromatic rings. The fourth-order valence-electron chi connectivity index (χ4n) is 3.40. The highest BCUT2D eigenvalue weighted by Gasteiger charge is 2.34. The van der Waals surface area contributed by atoms with Crippen LogP contribution in [0.4, 0.5) is 25.0 Å². The molecule has 178 valence electrons. The maximum absolute atomic E-state index is 14.9. The summed E-state index contributed by atoms with van der Waals surface area (Å²) in [6.45, 7) is 0.442. The van der Waals surface area contributed by atoms with Crippen molar-refractivity contribution in [3.63, 3.8) is 0 Å². The summed E-state index contributed by atoms with van der Waals surface area (Å²) in [5.74, 6) is -2.71. The van der Waals surface area contributed by atoms with Gasteiger partial charge >= 0.3 is 6.09 Å². The van der Waals surface area contributed by atoms with Gasteiger partial charge in [-0.15, -0.1) is 0 Å². The monoisotopic (exact) mass is 478 g/mol. The predicted octanol–water partition coefficient (Wildman–Crippen LogP) is -0.198. The van der Waals surface area contributed by atoms with Crippen LogP contribution in [-0.2, 0) is 24.4 Å². The van der Waals surface area contributed by atoms with Gasteiger partial charge in [-0.05, 0) is 0 Å². The van der Waals surface area contributed by atoms with Gasteiger partial charge in [-0.1, -0.05) is 4.47 Å². The summed E-state index contributed by atoms with van der Waals surface area (Å²) in [5.41, 5.74) is -0.418. The Morgan fingerprint density at radius 2 is 1.94 bits per heavy atom. The summed E-state index contributed by atoms with van der Waals surface area (Å²) >= 11 is 0. The molecule has 0 bridgehead atoms. The number of hydrogen-bond donors (Lipinski definition) is 2. The number of benzene rings is 1. The van der Waals surface area contributed by atoms with E-state index in [2.05, 4.69) is 5.32 Å². The normalized spacial score (nSPS) is 20.2. The Morgan fingerprint density at radius 1 is 1.25 bits per heavy atom. The lowest BCUT2D eigenvalue weighted by Gasteiger charge is -2.24. The van der Waals surface area contributed by atoms with Gasteiger partial charge in [0, 0.05) is 32.1 Å². The van der Waals surface area contributed by atoms with Gasteiger partial charge in [0.1, 0.15) is 11.8 Å². The van der Waals surface area contributed by atoms with Gasteiger partial charge in [-0.25, -0.2) is 22.0 Å². The molecule has 0 aliphatic carbocycles. The van der Waals surface area contributed by atoms with Crippen LogP contribution in [0.25, 0.3) is 0 Å². The van der Waals surface area contributed by atoms with Crippen molar-refractivity contribution in [2.75, 3.05) is 61.5 Å². The molecule has 2 amide bonds. The highest BCUT2D eigenvalue weighted by molar-refractivity contribution is 7.88. The summed E-state index contributed by atoms with van der Waals surface area (Å²) in [7, 11) is -3.86. The molecule has 14 heteroatoms. The molecule has 2 fully saturated rings. The minimum Gasteiger partial charge on any atom is -0.442 e. The van der Waals surface area contributed by atoms with E-state index in [4.69, 9.17) is 14.7 Å². The summed E-state index contributed by atoms with van der Waals surface area (Å²) in [6, 6.07) is 1.99. The molecule has 2 aliphatic heterocycles. The molecule has 32 heavy (non-hydrogen) atoms. The zero-order valence-electron chi connectivity index (χ0n) is 17.3. The number of nitrogens with zero attached hydrogens (tertiary/aromatic N) is 3. The third-order valence-corrected chi connectivity index (χ3v) is 6.50. The van der Waals surface area contributed by atoms with E-state index in [0.717, 1.165) is 17.0 Å². The number of carbonyl (C=O) groups excluding carboxylic acids is 2. The third-order valence-electron chi connectivity index (χ3n) is 4.89. The number of nitrogens with one attached hydrogen (secondary N) is 1. The zero-order chi connectivity index (χ0) is 23.5. The number of carbonyl (C=O) groups is 2. The lowest BCUT2D eigenvalue weighted by molar-refractivity contribution is -0.119. The summed E-state index contributed by atoms with van der Waals surface area (Å²) in [4.78, 5) is 30.7. The molecule has 11 nitrogen and oxygen atoms in total. The van der Waals surface area contributed by atoms with E-state index in [1.165, 1.54) is 11.8 Å². The van der Waals surface area contributed by atoms with Crippen LogP contribution in [0, 0.1) is 11.6 Å². The molecule has 2 saturated heterocycles. The van der Waals surface area contributed by atoms with Crippen molar-refractivity contribution in [1.29, 1.82) is 0 Å². The quantitative estimate of drug-likeness (QED) is 0.552.